The molecular formula is C4H6N4O3. The molecule has 0 spiro atoms. The smallest absolute Gasteiger partial charge is 0.375 e. The minimum absolute atomic E-state index is 0.0363. The number of methoxy groups -OCH3 is 1. The van der Waals surface area contributed by atoms with Crippen LogP contribution in [0.2, 0.25) is 0 Å². The van der Waals surface area contributed by atoms with E-state index >= 15 is 0 Å². The molecule has 0 atom stereocenters. The van der Waals surface area contributed by atoms with E-state index in [9.17, 15) is 4.79 Å². The Morgan fingerprint density at radius 2 is 2.55 bits per heavy atom. The molecule has 1 aromatic rings. The van der Waals surface area contributed by atoms with Crippen LogP contribution in [-0.4, -0.2) is 38.4 Å². The Bertz CT molecular complexity index is 258. The van der Waals surface area contributed by atoms with Gasteiger partial charge in [-0.1, -0.05) is 0 Å². The van der Waals surface area contributed by atoms with Crippen LogP contribution >= 0.6 is 0 Å². The van der Waals surface area contributed by atoms with E-state index in [4.69, 9.17) is 5.11 Å². The van der Waals surface area contributed by atoms with Crippen molar-refractivity contribution in [1.29, 1.82) is 0 Å². The molecule has 0 aliphatic heterocycles. The summed E-state index contributed by atoms with van der Waals surface area (Å²) in [6.07, 6.45) is 0. The predicted molar refractivity (Wildman–Crippen MR) is 31.8 cm³/mol. The fourth-order valence-electron chi connectivity index (χ4n) is 0.567. The molecule has 0 saturated heterocycles. The largest absolute Gasteiger partial charge is 0.475 e. The second kappa shape index (κ2) is 3.06. The lowest BCUT2D eigenvalue weighted by Gasteiger charge is -1.96. The van der Waals surface area contributed by atoms with Gasteiger partial charge < -0.3 is 9.84 Å². The summed E-state index contributed by atoms with van der Waals surface area (Å²) in [5.41, 5.74) is 0. The molecule has 11 heavy (non-hydrogen) atoms. The zero-order chi connectivity index (χ0) is 8.27. The molecule has 0 saturated carbocycles. The molecule has 0 radical (unpaired) electrons. The van der Waals surface area contributed by atoms with Gasteiger partial charge in [-0.3, -0.25) is 0 Å². The third kappa shape index (κ3) is 1.49. The first kappa shape index (κ1) is 7.61. The molecule has 0 aliphatic carbocycles. The van der Waals surface area contributed by atoms with Crippen LogP contribution in [0.3, 0.4) is 0 Å². The van der Waals surface area contributed by atoms with Gasteiger partial charge in [0.2, 0.25) is 0 Å². The van der Waals surface area contributed by atoms with E-state index in [1.165, 1.54) is 7.11 Å². The first-order valence-corrected chi connectivity index (χ1v) is 2.74. The Kier molecular flexibility index (Phi) is 2.12. The monoisotopic (exact) mass is 158 g/mol. The highest BCUT2D eigenvalue weighted by Gasteiger charge is 2.12. The van der Waals surface area contributed by atoms with Crippen molar-refractivity contribution in [2.75, 3.05) is 7.11 Å². The minimum Gasteiger partial charge on any atom is -0.475 e. The molecule has 0 bridgehead atoms. The highest BCUT2D eigenvalue weighted by Crippen LogP contribution is 1.90. The van der Waals surface area contributed by atoms with Crippen LogP contribution in [0.25, 0.3) is 0 Å². The van der Waals surface area contributed by atoms with Gasteiger partial charge in [0.1, 0.15) is 6.73 Å². The van der Waals surface area contributed by atoms with Crippen molar-refractivity contribution in [3.63, 3.8) is 0 Å². The number of tetrazole rings is 1. The Labute approximate surface area is 61.6 Å². The number of aromatic carboxylic acids is 1. The lowest BCUT2D eigenvalue weighted by molar-refractivity contribution is 0.0642. The number of ether oxygens (including phenoxy) is 1. The summed E-state index contributed by atoms with van der Waals surface area (Å²) in [5.74, 6) is -1.40. The molecule has 1 heterocycles. The number of rotatable bonds is 3. The molecular weight excluding hydrogens is 152 g/mol. The summed E-state index contributed by atoms with van der Waals surface area (Å²) in [5, 5.41) is 18.3. The average Bonchev–Trinajstić information content (AvgIpc) is 2.36. The maximum Gasteiger partial charge on any atom is 0.375 e. The fourth-order valence-corrected chi connectivity index (χ4v) is 0.567. The number of carboxylic acid groups (broad SMARTS) is 1. The predicted octanol–water partition coefficient (Wildman–Crippen LogP) is -1.02. The van der Waals surface area contributed by atoms with E-state index in [1.807, 2.05) is 0 Å². The lowest BCUT2D eigenvalue weighted by atomic mass is 10.6. The van der Waals surface area contributed by atoms with Crippen molar-refractivity contribution in [3.8, 4) is 0 Å². The summed E-state index contributed by atoms with van der Waals surface area (Å²) >= 11 is 0. The van der Waals surface area contributed by atoms with Crippen molar-refractivity contribution < 1.29 is 14.6 Å². The van der Waals surface area contributed by atoms with Crippen molar-refractivity contribution in [2.45, 2.75) is 6.73 Å². The summed E-state index contributed by atoms with van der Waals surface area (Å²) in [6, 6.07) is 0. The third-order valence-corrected chi connectivity index (χ3v) is 0.975. The van der Waals surface area contributed by atoms with Gasteiger partial charge in [0, 0.05) is 7.11 Å². The minimum atomic E-state index is -1.17. The molecule has 0 aliphatic rings. The van der Waals surface area contributed by atoms with E-state index in [2.05, 4.69) is 20.3 Å². The van der Waals surface area contributed by atoms with Gasteiger partial charge >= 0.3 is 5.97 Å². The highest BCUT2D eigenvalue weighted by molar-refractivity contribution is 5.82. The van der Waals surface area contributed by atoms with Crippen molar-refractivity contribution in [1.82, 2.24) is 20.2 Å². The van der Waals surface area contributed by atoms with E-state index in [1.54, 1.807) is 0 Å². The molecule has 0 unspecified atom stereocenters. The normalized spacial score (nSPS) is 9.91. The first-order chi connectivity index (χ1) is 5.25. The molecule has 7 nitrogen and oxygen atoms in total. The molecule has 0 aromatic carbocycles. The molecule has 7 heteroatoms. The van der Waals surface area contributed by atoms with E-state index in [0.29, 0.717) is 0 Å². The zero-order valence-electron chi connectivity index (χ0n) is 5.76. The molecule has 1 aromatic heterocycles. The lowest BCUT2D eigenvalue weighted by Crippen LogP contribution is -2.11. The van der Waals surface area contributed by atoms with Gasteiger partial charge in [0.05, 0.1) is 0 Å². The van der Waals surface area contributed by atoms with Gasteiger partial charge in [-0.25, -0.2) is 4.79 Å². The van der Waals surface area contributed by atoms with Crippen LogP contribution in [0.15, 0.2) is 0 Å². The summed E-state index contributed by atoms with van der Waals surface area (Å²) in [6.45, 7) is 0.0363. The number of nitrogens with zero attached hydrogens (tertiary/aromatic N) is 4. The quantitative estimate of drug-likeness (QED) is 0.605. The van der Waals surface area contributed by atoms with E-state index in [0.717, 1.165) is 4.68 Å². The number of carbonyl (C=O) groups is 1. The molecule has 0 fully saturated rings. The number of hydrogen-bond acceptors (Lipinski definition) is 5. The Morgan fingerprint density at radius 3 is 3.09 bits per heavy atom. The van der Waals surface area contributed by atoms with Gasteiger partial charge in [-0.15, -0.1) is 5.10 Å². The van der Waals surface area contributed by atoms with Gasteiger partial charge in [0.25, 0.3) is 5.82 Å². The Balaban J connectivity index is 2.87. The molecule has 0 amide bonds. The number of hydrogen-bond donors (Lipinski definition) is 1. The van der Waals surface area contributed by atoms with Crippen molar-refractivity contribution >= 4 is 5.97 Å². The van der Waals surface area contributed by atoms with Crippen LogP contribution in [0.1, 0.15) is 10.6 Å². The standard InChI is InChI=1S/C4H6N4O3/c1-11-2-8-3(4(9)10)5-6-7-8/h2H2,1H3,(H,9,10). The van der Waals surface area contributed by atoms with E-state index < -0.39 is 5.97 Å². The average molecular weight is 158 g/mol. The van der Waals surface area contributed by atoms with Crippen LogP contribution in [0.4, 0.5) is 0 Å². The van der Waals surface area contributed by atoms with Crippen LogP contribution < -0.4 is 0 Å². The van der Waals surface area contributed by atoms with E-state index in [-0.39, 0.29) is 12.6 Å². The number of carboxylic acids is 1. The summed E-state index contributed by atoms with van der Waals surface area (Å²) in [7, 11) is 1.42. The van der Waals surface area contributed by atoms with Crippen molar-refractivity contribution in [2.24, 2.45) is 0 Å². The fraction of sp³-hybridized carbons (Fsp3) is 0.500. The van der Waals surface area contributed by atoms with Gasteiger partial charge in [0.15, 0.2) is 0 Å². The Morgan fingerprint density at radius 1 is 1.82 bits per heavy atom. The SMILES string of the molecule is COCn1nnnc1C(=O)O. The Hall–Kier alpha value is -1.50. The molecule has 1 N–H and O–H groups in total. The van der Waals surface area contributed by atoms with Crippen LogP contribution in [0, 0.1) is 0 Å². The van der Waals surface area contributed by atoms with Crippen molar-refractivity contribution in [3.05, 3.63) is 5.82 Å². The van der Waals surface area contributed by atoms with Gasteiger partial charge in [-0.05, 0) is 10.4 Å². The maximum absolute atomic E-state index is 10.3. The number of aromatic nitrogens is 4. The zero-order valence-corrected chi connectivity index (χ0v) is 5.76. The summed E-state index contributed by atoms with van der Waals surface area (Å²) < 4.78 is 5.68. The second-order valence-electron chi connectivity index (χ2n) is 1.72. The molecule has 1 rings (SSSR count). The highest BCUT2D eigenvalue weighted by atomic mass is 16.5. The second-order valence-corrected chi connectivity index (χ2v) is 1.72. The topological polar surface area (TPSA) is 90.1 Å². The summed E-state index contributed by atoms with van der Waals surface area (Å²) in [4.78, 5) is 10.3. The van der Waals surface area contributed by atoms with Crippen LogP contribution in [-0.2, 0) is 11.5 Å². The van der Waals surface area contributed by atoms with Crippen LogP contribution in [0.5, 0.6) is 0 Å². The first-order valence-electron chi connectivity index (χ1n) is 2.74. The van der Waals surface area contributed by atoms with Gasteiger partial charge in [-0.2, -0.15) is 4.68 Å². The molecule has 60 valence electrons. The third-order valence-electron chi connectivity index (χ3n) is 0.975. The maximum atomic E-state index is 10.3.